The molecule has 1 fully saturated rings. The number of aliphatic hydroxyl groups is 1. The first-order valence-corrected chi connectivity index (χ1v) is 9.75. The van der Waals surface area contributed by atoms with Crippen LogP contribution in [0.3, 0.4) is 0 Å². The number of carbonyl (C=O) groups is 1. The van der Waals surface area contributed by atoms with Crippen LogP contribution in [0.4, 0.5) is 0 Å². The second-order valence-corrected chi connectivity index (χ2v) is 8.83. The summed E-state index contributed by atoms with van der Waals surface area (Å²) in [7, 11) is 0. The standard InChI is InChI=1S/C22H32O3/c1-5-6-7-18(24)9-8-15-10-16(22(4)12-17(22)13-23)11-19-20(15)25-14-21(19,2)3/h10-11,17,23H,5-9,12-14H2,1-4H3/t17-,22-/m1/s1. The lowest BCUT2D eigenvalue weighted by Gasteiger charge is -2.20. The van der Waals surface area contributed by atoms with Crippen LogP contribution < -0.4 is 4.74 Å². The van der Waals surface area contributed by atoms with Gasteiger partial charge in [-0.1, -0.05) is 46.2 Å². The first-order chi connectivity index (χ1) is 11.8. The fourth-order valence-electron chi connectivity index (χ4n) is 4.05. The highest BCUT2D eigenvalue weighted by atomic mass is 16.5. The molecule has 138 valence electrons. The quantitative estimate of drug-likeness (QED) is 0.764. The van der Waals surface area contributed by atoms with Gasteiger partial charge in [-0.3, -0.25) is 4.79 Å². The summed E-state index contributed by atoms with van der Waals surface area (Å²) in [6.07, 6.45) is 5.13. The lowest BCUT2D eigenvalue weighted by atomic mass is 9.81. The maximum absolute atomic E-state index is 12.1. The summed E-state index contributed by atoms with van der Waals surface area (Å²) in [5, 5.41) is 9.56. The maximum atomic E-state index is 12.1. The zero-order valence-corrected chi connectivity index (χ0v) is 16.2. The molecule has 0 saturated heterocycles. The molecule has 0 unspecified atom stereocenters. The highest BCUT2D eigenvalue weighted by molar-refractivity contribution is 5.78. The van der Waals surface area contributed by atoms with Gasteiger partial charge in [0.2, 0.25) is 0 Å². The number of benzene rings is 1. The van der Waals surface area contributed by atoms with E-state index in [0.717, 1.165) is 31.4 Å². The summed E-state index contributed by atoms with van der Waals surface area (Å²) < 4.78 is 6.04. The number of rotatable bonds is 8. The monoisotopic (exact) mass is 344 g/mol. The lowest BCUT2D eigenvalue weighted by molar-refractivity contribution is -0.119. The fraction of sp³-hybridized carbons (Fsp3) is 0.682. The Morgan fingerprint density at radius 1 is 1.28 bits per heavy atom. The summed E-state index contributed by atoms with van der Waals surface area (Å²) in [6, 6.07) is 4.53. The zero-order chi connectivity index (χ0) is 18.2. The molecule has 1 aliphatic carbocycles. The SMILES string of the molecule is CCCCC(=O)CCc1cc([C@@]2(C)C[C@@H]2CO)cc2c1OCC2(C)C. The first-order valence-electron chi connectivity index (χ1n) is 9.75. The zero-order valence-electron chi connectivity index (χ0n) is 16.2. The van der Waals surface area contributed by atoms with Crippen molar-refractivity contribution in [2.24, 2.45) is 5.92 Å². The van der Waals surface area contributed by atoms with Crippen molar-refractivity contribution in [1.29, 1.82) is 0 Å². The minimum atomic E-state index is 0.00622. The van der Waals surface area contributed by atoms with Crippen LogP contribution in [0.25, 0.3) is 0 Å². The average Bonchev–Trinajstić information content (AvgIpc) is 3.17. The van der Waals surface area contributed by atoms with Crippen molar-refractivity contribution in [2.45, 2.75) is 77.0 Å². The molecule has 1 saturated carbocycles. The van der Waals surface area contributed by atoms with Gasteiger partial charge in [-0.2, -0.15) is 0 Å². The molecule has 0 aromatic heterocycles. The Labute approximate surface area is 151 Å². The second-order valence-electron chi connectivity index (χ2n) is 8.83. The summed E-state index contributed by atoms with van der Waals surface area (Å²) >= 11 is 0. The van der Waals surface area contributed by atoms with Gasteiger partial charge >= 0.3 is 0 Å². The summed E-state index contributed by atoms with van der Waals surface area (Å²) in [5.41, 5.74) is 3.83. The van der Waals surface area contributed by atoms with Gasteiger partial charge in [-0.25, -0.2) is 0 Å². The van der Waals surface area contributed by atoms with Gasteiger partial charge in [0, 0.05) is 30.4 Å². The van der Waals surface area contributed by atoms with E-state index in [9.17, 15) is 9.90 Å². The largest absolute Gasteiger partial charge is 0.492 e. The third kappa shape index (κ3) is 3.48. The Bertz CT molecular complexity index is 661. The molecule has 3 rings (SSSR count). The van der Waals surface area contributed by atoms with E-state index in [4.69, 9.17) is 4.74 Å². The summed E-state index contributed by atoms with van der Waals surface area (Å²) in [6.45, 7) is 9.75. The number of hydrogen-bond donors (Lipinski definition) is 1. The number of ketones is 1. The number of ether oxygens (including phenoxy) is 1. The molecule has 2 aliphatic rings. The van der Waals surface area contributed by atoms with Crippen molar-refractivity contribution < 1.29 is 14.6 Å². The number of carbonyl (C=O) groups excluding carboxylic acids is 1. The van der Waals surface area contributed by atoms with E-state index >= 15 is 0 Å². The maximum Gasteiger partial charge on any atom is 0.133 e. The van der Waals surface area contributed by atoms with Crippen molar-refractivity contribution in [3.05, 3.63) is 28.8 Å². The van der Waals surface area contributed by atoms with Crippen LogP contribution >= 0.6 is 0 Å². The van der Waals surface area contributed by atoms with Gasteiger partial charge in [-0.15, -0.1) is 0 Å². The molecule has 1 heterocycles. The smallest absolute Gasteiger partial charge is 0.133 e. The van der Waals surface area contributed by atoms with E-state index in [2.05, 4.69) is 39.8 Å². The van der Waals surface area contributed by atoms with Gasteiger partial charge in [-0.05, 0) is 41.7 Å². The number of unbranched alkanes of at least 4 members (excludes halogenated alkanes) is 1. The lowest BCUT2D eigenvalue weighted by Crippen LogP contribution is -2.19. The van der Waals surface area contributed by atoms with Gasteiger partial charge < -0.3 is 9.84 Å². The predicted octanol–water partition coefficient (Wildman–Crippen LogP) is 4.32. The highest BCUT2D eigenvalue weighted by Gasteiger charge is 2.51. The van der Waals surface area contributed by atoms with E-state index in [0.29, 0.717) is 31.1 Å². The number of hydrogen-bond acceptors (Lipinski definition) is 3. The van der Waals surface area contributed by atoms with Gasteiger partial charge in [0.1, 0.15) is 11.5 Å². The fourth-order valence-corrected chi connectivity index (χ4v) is 4.05. The summed E-state index contributed by atoms with van der Waals surface area (Å²) in [5.74, 6) is 1.71. The molecule has 0 radical (unpaired) electrons. The van der Waals surface area contributed by atoms with Crippen molar-refractivity contribution in [3.8, 4) is 5.75 Å². The Morgan fingerprint density at radius 3 is 2.68 bits per heavy atom. The molecule has 25 heavy (non-hydrogen) atoms. The second kappa shape index (κ2) is 6.75. The van der Waals surface area contributed by atoms with Crippen LogP contribution in [0.2, 0.25) is 0 Å². The molecule has 3 nitrogen and oxygen atoms in total. The van der Waals surface area contributed by atoms with Gasteiger partial charge in [0.05, 0.1) is 6.61 Å². The van der Waals surface area contributed by atoms with Crippen LogP contribution in [0.5, 0.6) is 5.75 Å². The van der Waals surface area contributed by atoms with Crippen LogP contribution in [0.15, 0.2) is 12.1 Å². The van der Waals surface area contributed by atoms with E-state index in [1.54, 1.807) is 0 Å². The Balaban J connectivity index is 1.87. The number of fused-ring (bicyclic) bond motifs is 1. The minimum absolute atomic E-state index is 0.00622. The molecule has 1 aromatic rings. The number of aliphatic hydroxyl groups excluding tert-OH is 1. The molecule has 1 N–H and O–H groups in total. The van der Waals surface area contributed by atoms with Crippen LogP contribution in [0.1, 0.15) is 76.5 Å². The molecule has 0 bridgehead atoms. The molecule has 0 spiro atoms. The van der Waals surface area contributed by atoms with Crippen molar-refractivity contribution in [1.82, 2.24) is 0 Å². The van der Waals surface area contributed by atoms with Gasteiger partial charge in [0.15, 0.2) is 0 Å². The molecule has 2 atom stereocenters. The van der Waals surface area contributed by atoms with Crippen molar-refractivity contribution in [2.75, 3.05) is 13.2 Å². The van der Waals surface area contributed by atoms with Crippen LogP contribution in [0, 0.1) is 5.92 Å². The normalized spacial score (nSPS) is 26.2. The van der Waals surface area contributed by atoms with E-state index in [1.165, 1.54) is 16.7 Å². The van der Waals surface area contributed by atoms with Crippen LogP contribution in [-0.4, -0.2) is 24.1 Å². The molecule has 0 amide bonds. The Morgan fingerprint density at radius 2 is 2.04 bits per heavy atom. The van der Waals surface area contributed by atoms with E-state index < -0.39 is 0 Å². The van der Waals surface area contributed by atoms with Gasteiger partial charge in [0.25, 0.3) is 0 Å². The van der Waals surface area contributed by atoms with Crippen LogP contribution in [-0.2, 0) is 22.0 Å². The Kier molecular flexibility index (Phi) is 4.98. The van der Waals surface area contributed by atoms with Crippen molar-refractivity contribution in [3.63, 3.8) is 0 Å². The highest BCUT2D eigenvalue weighted by Crippen LogP contribution is 2.55. The molecule has 1 aromatic carbocycles. The third-order valence-corrected chi connectivity index (χ3v) is 6.25. The molecule has 3 heteroatoms. The molecular weight excluding hydrogens is 312 g/mol. The number of Topliss-reactive ketones (excluding diaryl/α,β-unsaturated/α-hetero) is 1. The van der Waals surface area contributed by atoms with E-state index in [1.807, 2.05) is 0 Å². The third-order valence-electron chi connectivity index (χ3n) is 6.25. The Hall–Kier alpha value is -1.35. The minimum Gasteiger partial charge on any atom is -0.492 e. The number of aryl methyl sites for hydroxylation is 1. The topological polar surface area (TPSA) is 46.5 Å². The molecule has 1 aliphatic heterocycles. The average molecular weight is 344 g/mol. The first kappa shape index (κ1) is 18.4. The van der Waals surface area contributed by atoms with Crippen molar-refractivity contribution >= 4 is 5.78 Å². The summed E-state index contributed by atoms with van der Waals surface area (Å²) in [4.78, 5) is 12.1. The van der Waals surface area contributed by atoms with E-state index in [-0.39, 0.29) is 17.4 Å². The molecular formula is C22H32O3. The predicted molar refractivity (Wildman–Crippen MR) is 100 cm³/mol.